The van der Waals surface area contributed by atoms with Crippen molar-refractivity contribution in [3.05, 3.63) is 77.6 Å². The van der Waals surface area contributed by atoms with Gasteiger partial charge in [0.25, 0.3) is 5.91 Å². The second kappa shape index (κ2) is 8.68. The maximum Gasteiger partial charge on any atom is 0.337 e. The number of nitrogens with zero attached hydrogens (tertiary/aromatic N) is 5. The molecule has 2 aromatic heterocycles. The summed E-state index contributed by atoms with van der Waals surface area (Å²) < 4.78 is 1.93. The zero-order valence-corrected chi connectivity index (χ0v) is 19.6. The summed E-state index contributed by atoms with van der Waals surface area (Å²) in [5.41, 5.74) is 4.26. The number of amides is 1. The summed E-state index contributed by atoms with van der Waals surface area (Å²) in [6, 6.07) is 16.4. The first kappa shape index (κ1) is 22.3. The van der Waals surface area contributed by atoms with E-state index in [2.05, 4.69) is 15.5 Å². The van der Waals surface area contributed by atoms with E-state index in [1.165, 1.54) is 0 Å². The van der Waals surface area contributed by atoms with Crippen molar-refractivity contribution >= 4 is 23.4 Å². The molecule has 3 heterocycles. The van der Waals surface area contributed by atoms with Gasteiger partial charge in [-0.15, -0.1) is 10.2 Å². The Hall–Kier alpha value is -4.53. The van der Waals surface area contributed by atoms with Crippen molar-refractivity contribution in [2.75, 3.05) is 17.3 Å². The fourth-order valence-electron chi connectivity index (χ4n) is 4.40. The lowest BCUT2D eigenvalue weighted by atomic mass is 9.97. The minimum atomic E-state index is -1.01. The molecular formula is C26H24N6O3. The molecule has 9 heteroatoms. The third kappa shape index (κ3) is 3.80. The normalized spacial score (nSPS) is 12.8. The number of carboxylic acid groups (broad SMARTS) is 1. The highest BCUT2D eigenvalue weighted by molar-refractivity contribution is 6.10. The maximum atomic E-state index is 13.4. The number of carboxylic acids is 1. The van der Waals surface area contributed by atoms with Gasteiger partial charge in [-0.25, -0.2) is 9.78 Å². The first-order chi connectivity index (χ1) is 16.9. The first-order valence-electron chi connectivity index (χ1n) is 11.2. The van der Waals surface area contributed by atoms with Crippen LogP contribution in [-0.4, -0.2) is 43.8 Å². The van der Waals surface area contributed by atoms with E-state index in [1.54, 1.807) is 36.5 Å². The molecule has 0 spiro atoms. The average Bonchev–Trinajstić information content (AvgIpc) is 3.49. The minimum absolute atomic E-state index is 0.155. The first-order valence-corrected chi connectivity index (χ1v) is 11.2. The molecule has 35 heavy (non-hydrogen) atoms. The number of pyridine rings is 1. The third-order valence-corrected chi connectivity index (χ3v) is 6.14. The van der Waals surface area contributed by atoms with Crippen LogP contribution in [0.5, 0.6) is 0 Å². The summed E-state index contributed by atoms with van der Waals surface area (Å²) in [6.45, 7) is 4.48. The molecule has 0 unspecified atom stereocenters. The van der Waals surface area contributed by atoms with Crippen molar-refractivity contribution in [2.24, 2.45) is 0 Å². The summed E-state index contributed by atoms with van der Waals surface area (Å²) in [4.78, 5) is 31.4. The molecule has 9 nitrogen and oxygen atoms in total. The lowest BCUT2D eigenvalue weighted by molar-refractivity contribution is 0.0697. The Kier molecular flexibility index (Phi) is 5.52. The molecule has 0 atom stereocenters. The number of anilines is 2. The van der Waals surface area contributed by atoms with Gasteiger partial charge in [0.15, 0.2) is 5.82 Å². The molecule has 1 aliphatic heterocycles. The Bertz CT molecular complexity index is 1460. The van der Waals surface area contributed by atoms with Gasteiger partial charge in [0.1, 0.15) is 17.8 Å². The average molecular weight is 469 g/mol. The fraction of sp³-hybridized carbons (Fsp3) is 0.192. The highest BCUT2D eigenvalue weighted by Crippen LogP contribution is 2.35. The van der Waals surface area contributed by atoms with E-state index >= 15 is 0 Å². The molecule has 1 amide bonds. The molecule has 0 saturated carbocycles. The van der Waals surface area contributed by atoms with E-state index in [0.717, 1.165) is 16.7 Å². The lowest BCUT2D eigenvalue weighted by Gasteiger charge is -2.16. The van der Waals surface area contributed by atoms with Crippen LogP contribution >= 0.6 is 0 Å². The van der Waals surface area contributed by atoms with Crippen LogP contribution in [0.25, 0.3) is 22.6 Å². The number of aromatic nitrogens is 4. The van der Waals surface area contributed by atoms with E-state index in [0.29, 0.717) is 35.1 Å². The second-order valence-corrected chi connectivity index (χ2v) is 8.58. The van der Waals surface area contributed by atoms with Crippen molar-refractivity contribution in [2.45, 2.75) is 26.4 Å². The Morgan fingerprint density at radius 2 is 1.89 bits per heavy atom. The highest BCUT2D eigenvalue weighted by Gasteiger charge is 2.30. The van der Waals surface area contributed by atoms with Crippen LogP contribution in [0, 0.1) is 0 Å². The standard InChI is InChI=1S/C26H24N6O3/c1-15(2)32-14-28-30-24(32)21-8-5-9-22(29-21)31-13-17-11-10-16(12-20(17)25(31)33)18-6-4-7-19(26(34)35)23(18)27-3/h4-12,14-15,27H,13H2,1-3H3,(H,34,35). The number of hydrogen-bond acceptors (Lipinski definition) is 6. The topological polar surface area (TPSA) is 113 Å². The highest BCUT2D eigenvalue weighted by atomic mass is 16.4. The van der Waals surface area contributed by atoms with Crippen molar-refractivity contribution in [1.82, 2.24) is 19.7 Å². The molecule has 1 aliphatic rings. The van der Waals surface area contributed by atoms with Crippen molar-refractivity contribution in [1.29, 1.82) is 0 Å². The van der Waals surface area contributed by atoms with Gasteiger partial charge in [-0.1, -0.05) is 30.3 Å². The molecule has 0 bridgehead atoms. The number of carbonyl (C=O) groups is 2. The number of carbonyl (C=O) groups excluding carboxylic acids is 1. The van der Waals surface area contributed by atoms with Gasteiger partial charge in [-0.05, 0) is 49.2 Å². The van der Waals surface area contributed by atoms with E-state index < -0.39 is 5.97 Å². The lowest BCUT2D eigenvalue weighted by Crippen LogP contribution is -2.24. The van der Waals surface area contributed by atoms with Crippen molar-refractivity contribution in [3.63, 3.8) is 0 Å². The van der Waals surface area contributed by atoms with Crippen LogP contribution < -0.4 is 10.2 Å². The largest absolute Gasteiger partial charge is 0.478 e. The predicted molar refractivity (Wildman–Crippen MR) is 133 cm³/mol. The molecule has 0 fully saturated rings. The SMILES string of the molecule is CNc1c(C(=O)O)cccc1-c1ccc2c(c1)C(=O)N(c1cccc(-c3nncn3C(C)C)n1)C2. The molecule has 0 aliphatic carbocycles. The van der Waals surface area contributed by atoms with Gasteiger partial charge in [0.05, 0.1) is 17.8 Å². The van der Waals surface area contributed by atoms with Crippen LogP contribution in [0.2, 0.25) is 0 Å². The minimum Gasteiger partial charge on any atom is -0.478 e. The van der Waals surface area contributed by atoms with Gasteiger partial charge < -0.3 is 15.0 Å². The summed E-state index contributed by atoms with van der Waals surface area (Å²) in [7, 11) is 1.68. The molecule has 2 N–H and O–H groups in total. The summed E-state index contributed by atoms with van der Waals surface area (Å²) in [5, 5.41) is 20.8. The second-order valence-electron chi connectivity index (χ2n) is 8.58. The maximum absolute atomic E-state index is 13.4. The quantitative estimate of drug-likeness (QED) is 0.429. The smallest absolute Gasteiger partial charge is 0.337 e. The number of rotatable bonds is 6. The summed E-state index contributed by atoms with van der Waals surface area (Å²) >= 11 is 0. The molecule has 0 radical (unpaired) electrons. The van der Waals surface area contributed by atoms with Crippen molar-refractivity contribution < 1.29 is 14.7 Å². The predicted octanol–water partition coefficient (Wildman–Crippen LogP) is 4.49. The summed E-state index contributed by atoms with van der Waals surface area (Å²) in [6.07, 6.45) is 1.67. The summed E-state index contributed by atoms with van der Waals surface area (Å²) in [5.74, 6) is 0.00892. The molecule has 176 valence electrons. The van der Waals surface area contributed by atoms with Crippen LogP contribution in [0.1, 0.15) is 46.2 Å². The van der Waals surface area contributed by atoms with E-state index in [1.807, 2.05) is 54.8 Å². The molecule has 5 rings (SSSR count). The molecule has 2 aromatic carbocycles. The number of hydrogen-bond donors (Lipinski definition) is 2. The van der Waals surface area contributed by atoms with Gasteiger partial charge >= 0.3 is 5.97 Å². The van der Waals surface area contributed by atoms with Crippen LogP contribution in [0.4, 0.5) is 11.5 Å². The van der Waals surface area contributed by atoms with Gasteiger partial charge in [-0.2, -0.15) is 0 Å². The number of fused-ring (bicyclic) bond motifs is 1. The Morgan fingerprint density at radius 1 is 1.09 bits per heavy atom. The Morgan fingerprint density at radius 3 is 2.63 bits per heavy atom. The van der Waals surface area contributed by atoms with Gasteiger partial charge in [-0.3, -0.25) is 9.69 Å². The van der Waals surface area contributed by atoms with Gasteiger partial charge in [0, 0.05) is 24.2 Å². The van der Waals surface area contributed by atoms with Crippen LogP contribution in [0.15, 0.2) is 60.9 Å². The number of nitrogens with one attached hydrogen (secondary N) is 1. The zero-order chi connectivity index (χ0) is 24.7. The third-order valence-electron chi connectivity index (χ3n) is 6.14. The fourth-order valence-corrected chi connectivity index (χ4v) is 4.40. The zero-order valence-electron chi connectivity index (χ0n) is 19.6. The number of para-hydroxylation sites is 1. The monoisotopic (exact) mass is 468 g/mol. The molecule has 0 saturated heterocycles. The molecule has 4 aromatic rings. The molecular weight excluding hydrogens is 444 g/mol. The Labute approximate surface area is 202 Å². The number of benzene rings is 2. The van der Waals surface area contributed by atoms with E-state index in [4.69, 9.17) is 4.98 Å². The van der Waals surface area contributed by atoms with Crippen LogP contribution in [-0.2, 0) is 6.54 Å². The van der Waals surface area contributed by atoms with Gasteiger partial charge in [0.2, 0.25) is 0 Å². The van der Waals surface area contributed by atoms with E-state index in [-0.39, 0.29) is 17.5 Å². The van der Waals surface area contributed by atoms with E-state index in [9.17, 15) is 14.7 Å². The Balaban J connectivity index is 1.50. The van der Waals surface area contributed by atoms with Crippen molar-refractivity contribution in [3.8, 4) is 22.6 Å². The number of aromatic carboxylic acids is 1. The van der Waals surface area contributed by atoms with Crippen LogP contribution in [0.3, 0.4) is 0 Å².